The molecule has 0 aliphatic carbocycles. The van der Waals surface area contributed by atoms with Gasteiger partial charge < -0.3 is 24.1 Å². The quantitative estimate of drug-likeness (QED) is 0.101. The van der Waals surface area contributed by atoms with Crippen molar-refractivity contribution >= 4 is 39.9 Å². The van der Waals surface area contributed by atoms with Gasteiger partial charge >= 0.3 is 11.9 Å². The van der Waals surface area contributed by atoms with Gasteiger partial charge in [0.25, 0.3) is 5.78 Å². The highest BCUT2D eigenvalue weighted by Gasteiger charge is 2.48. The summed E-state index contributed by atoms with van der Waals surface area (Å²) in [5, 5.41) is 11.6. The Morgan fingerprint density at radius 1 is 0.977 bits per heavy atom. The first kappa shape index (κ1) is 30.3. The molecule has 0 saturated carbocycles. The van der Waals surface area contributed by atoms with Gasteiger partial charge in [-0.05, 0) is 61.4 Å². The normalized spacial score (nSPS) is 15.7. The minimum Gasteiger partial charge on any atom is -0.507 e. The van der Waals surface area contributed by atoms with E-state index in [-0.39, 0.29) is 21.3 Å². The van der Waals surface area contributed by atoms with Crippen LogP contribution in [-0.4, -0.2) is 48.6 Å². The van der Waals surface area contributed by atoms with Crippen molar-refractivity contribution in [3.63, 3.8) is 0 Å². The van der Waals surface area contributed by atoms with Crippen LogP contribution in [0.3, 0.4) is 0 Å². The third-order valence-electron chi connectivity index (χ3n) is 6.99. The largest absolute Gasteiger partial charge is 0.507 e. The lowest BCUT2D eigenvalue weighted by Gasteiger charge is -2.24. The molecule has 10 nitrogen and oxygen atoms in total. The summed E-state index contributed by atoms with van der Waals surface area (Å²) in [6.07, 6.45) is 0. The predicted octanol–water partition coefficient (Wildman–Crippen LogP) is 5.85. The topological polar surface area (TPSA) is 124 Å². The Labute approximate surface area is 258 Å². The van der Waals surface area contributed by atoms with E-state index in [1.54, 1.807) is 49.4 Å². The number of Topliss-reactive ketones (excluding diaryl/α,β-unsaturated/α-hetero) is 1. The van der Waals surface area contributed by atoms with Gasteiger partial charge in [-0.1, -0.05) is 47.7 Å². The molecule has 1 atom stereocenters. The maximum absolute atomic E-state index is 13.6. The minimum atomic E-state index is -1.10. The zero-order valence-corrected chi connectivity index (χ0v) is 25.3. The Bertz CT molecular complexity index is 1730. The molecular weight excluding hydrogens is 584 g/mol. The highest BCUT2D eigenvalue weighted by Crippen LogP contribution is 2.45. The van der Waals surface area contributed by atoms with E-state index < -0.39 is 23.7 Å². The second-order valence-electron chi connectivity index (χ2n) is 9.71. The summed E-state index contributed by atoms with van der Waals surface area (Å²) in [4.78, 5) is 45.5. The lowest BCUT2D eigenvalue weighted by atomic mass is 9.95. The van der Waals surface area contributed by atoms with Crippen molar-refractivity contribution in [3.05, 3.63) is 106 Å². The highest BCUT2D eigenvalue weighted by molar-refractivity contribution is 7.17. The molecule has 3 aromatic carbocycles. The standard InChI is InChI=1S/C33H30N2O8S/c1-5-42-25-17-22(13-16-24(25)43-18-20-9-7-6-8-10-20)27-26(28(36)21-11-14-23(40-3)15-12-21)29(37)31(38)35(27)33-34-19(2)30(44-33)32(39)41-4/h6-17,27,36H,5,18H2,1-4H3. The molecule has 1 saturated heterocycles. The van der Waals surface area contributed by atoms with Crippen LogP contribution in [0.1, 0.15) is 45.0 Å². The first-order valence-corrected chi connectivity index (χ1v) is 14.5. The maximum Gasteiger partial charge on any atom is 0.350 e. The summed E-state index contributed by atoms with van der Waals surface area (Å²) in [6, 6.07) is 20.1. The molecule has 1 aliphatic heterocycles. The third kappa shape index (κ3) is 5.86. The number of aliphatic hydroxyl groups is 1. The lowest BCUT2D eigenvalue weighted by molar-refractivity contribution is -0.132. The van der Waals surface area contributed by atoms with Gasteiger partial charge in [-0.3, -0.25) is 14.5 Å². The lowest BCUT2D eigenvalue weighted by Crippen LogP contribution is -2.29. The Kier molecular flexibility index (Phi) is 8.96. The number of ether oxygens (including phenoxy) is 4. The van der Waals surface area contributed by atoms with Gasteiger partial charge in [0.2, 0.25) is 0 Å². The fourth-order valence-corrected chi connectivity index (χ4v) is 5.85. The summed E-state index contributed by atoms with van der Waals surface area (Å²) in [5.74, 6) is -1.39. The second-order valence-corrected chi connectivity index (χ2v) is 10.7. The van der Waals surface area contributed by atoms with Gasteiger partial charge in [0, 0.05) is 5.56 Å². The molecule has 0 bridgehead atoms. The van der Waals surface area contributed by atoms with Crippen molar-refractivity contribution in [1.29, 1.82) is 0 Å². The van der Waals surface area contributed by atoms with E-state index in [0.717, 1.165) is 16.9 Å². The number of carbonyl (C=O) groups excluding carboxylic acids is 3. The molecule has 1 aliphatic rings. The number of thiazole rings is 1. The number of aryl methyl sites for hydroxylation is 1. The van der Waals surface area contributed by atoms with E-state index in [1.807, 2.05) is 37.3 Å². The van der Waals surface area contributed by atoms with Gasteiger partial charge in [0.05, 0.1) is 38.1 Å². The fraction of sp³-hybridized carbons (Fsp3) is 0.212. The van der Waals surface area contributed by atoms with Crippen LogP contribution in [-0.2, 0) is 20.9 Å². The van der Waals surface area contributed by atoms with Gasteiger partial charge in [-0.2, -0.15) is 0 Å². The summed E-state index contributed by atoms with van der Waals surface area (Å²) in [6.45, 7) is 4.06. The maximum atomic E-state index is 13.6. The molecule has 1 N–H and O–H groups in total. The Balaban J connectivity index is 1.64. The van der Waals surface area contributed by atoms with Crippen LogP contribution < -0.4 is 19.1 Å². The molecule has 1 fully saturated rings. The first-order valence-electron chi connectivity index (χ1n) is 13.7. The van der Waals surface area contributed by atoms with E-state index in [4.69, 9.17) is 18.9 Å². The number of anilines is 1. The monoisotopic (exact) mass is 614 g/mol. The van der Waals surface area contributed by atoms with Crippen molar-refractivity contribution in [3.8, 4) is 17.2 Å². The molecule has 11 heteroatoms. The number of rotatable bonds is 10. The Morgan fingerprint density at radius 3 is 2.36 bits per heavy atom. The number of nitrogens with zero attached hydrogens (tertiary/aromatic N) is 2. The average Bonchev–Trinajstić information content (AvgIpc) is 3.56. The van der Waals surface area contributed by atoms with E-state index in [2.05, 4.69) is 4.98 Å². The van der Waals surface area contributed by atoms with Crippen LogP contribution in [0, 0.1) is 6.92 Å². The number of aliphatic hydroxyl groups excluding tert-OH is 1. The van der Waals surface area contributed by atoms with Crippen LogP contribution in [0.5, 0.6) is 17.2 Å². The third-order valence-corrected chi connectivity index (χ3v) is 8.13. The van der Waals surface area contributed by atoms with Crippen molar-refractivity contribution < 1.29 is 38.4 Å². The van der Waals surface area contributed by atoms with Gasteiger partial charge in [-0.15, -0.1) is 0 Å². The number of amides is 1. The van der Waals surface area contributed by atoms with Gasteiger partial charge in [-0.25, -0.2) is 9.78 Å². The van der Waals surface area contributed by atoms with Crippen LogP contribution in [0.2, 0.25) is 0 Å². The predicted molar refractivity (Wildman–Crippen MR) is 164 cm³/mol. The number of methoxy groups -OCH3 is 2. The summed E-state index contributed by atoms with van der Waals surface area (Å²) >= 11 is 0.922. The van der Waals surface area contributed by atoms with Crippen LogP contribution in [0.4, 0.5) is 5.13 Å². The zero-order chi connectivity index (χ0) is 31.4. The molecule has 5 rings (SSSR count). The van der Waals surface area contributed by atoms with Crippen molar-refractivity contribution in [2.75, 3.05) is 25.7 Å². The Morgan fingerprint density at radius 2 is 1.70 bits per heavy atom. The SMILES string of the molecule is CCOc1cc(C2C(=C(O)c3ccc(OC)cc3)C(=O)C(=O)N2c2nc(C)c(C(=O)OC)s2)ccc1OCc1ccccc1. The smallest absolute Gasteiger partial charge is 0.350 e. The summed E-state index contributed by atoms with van der Waals surface area (Å²) in [5.41, 5.74) is 1.93. The zero-order valence-electron chi connectivity index (χ0n) is 24.5. The number of aromatic nitrogens is 1. The molecule has 2 heterocycles. The molecule has 4 aromatic rings. The van der Waals surface area contributed by atoms with Crippen LogP contribution in [0.25, 0.3) is 5.76 Å². The number of benzene rings is 3. The second kappa shape index (κ2) is 13.0. The van der Waals surface area contributed by atoms with E-state index >= 15 is 0 Å². The van der Waals surface area contributed by atoms with E-state index in [0.29, 0.717) is 47.3 Å². The van der Waals surface area contributed by atoms with Gasteiger partial charge in [0.15, 0.2) is 16.6 Å². The van der Waals surface area contributed by atoms with E-state index in [1.165, 1.54) is 19.1 Å². The molecule has 0 radical (unpaired) electrons. The molecule has 1 aromatic heterocycles. The van der Waals surface area contributed by atoms with Gasteiger partial charge in [0.1, 0.15) is 23.0 Å². The van der Waals surface area contributed by atoms with Crippen LogP contribution in [0.15, 0.2) is 78.4 Å². The minimum absolute atomic E-state index is 0.103. The summed E-state index contributed by atoms with van der Waals surface area (Å²) < 4.78 is 22.1. The first-order chi connectivity index (χ1) is 21.3. The molecule has 1 amide bonds. The number of ketones is 1. The molecular formula is C33H30N2O8S. The summed E-state index contributed by atoms with van der Waals surface area (Å²) in [7, 11) is 2.76. The average molecular weight is 615 g/mol. The number of hydrogen-bond donors (Lipinski definition) is 1. The number of esters is 1. The molecule has 1 unspecified atom stereocenters. The molecule has 44 heavy (non-hydrogen) atoms. The fourth-order valence-electron chi connectivity index (χ4n) is 4.83. The number of hydrogen-bond acceptors (Lipinski definition) is 10. The number of carbonyl (C=O) groups is 3. The molecule has 0 spiro atoms. The molecule has 226 valence electrons. The van der Waals surface area contributed by atoms with Crippen molar-refractivity contribution in [2.45, 2.75) is 26.5 Å². The van der Waals surface area contributed by atoms with Crippen molar-refractivity contribution in [1.82, 2.24) is 4.98 Å². The van der Waals surface area contributed by atoms with E-state index in [9.17, 15) is 19.5 Å². The Hall–Kier alpha value is -5.16. The van der Waals surface area contributed by atoms with Crippen LogP contribution >= 0.6 is 11.3 Å². The highest BCUT2D eigenvalue weighted by atomic mass is 32.1. The van der Waals surface area contributed by atoms with Crippen molar-refractivity contribution in [2.24, 2.45) is 0 Å².